The number of anilines is 2. The first-order valence-electron chi connectivity index (χ1n) is 6.25. The summed E-state index contributed by atoms with van der Waals surface area (Å²) in [6.07, 6.45) is 1.05. The van der Waals surface area contributed by atoms with Crippen LogP contribution in [0.5, 0.6) is 5.75 Å². The van der Waals surface area contributed by atoms with Gasteiger partial charge in [0, 0.05) is 17.1 Å². The summed E-state index contributed by atoms with van der Waals surface area (Å²) in [5, 5.41) is 2.38. The Hall–Kier alpha value is -1.49. The molecule has 0 unspecified atom stereocenters. The first kappa shape index (κ1) is 6.90. The third kappa shape index (κ3) is 4.03. The molecule has 0 aliphatic carbocycles. The first-order valence-corrected chi connectivity index (χ1v) is 3.75. The zero-order valence-corrected chi connectivity index (χ0v) is 8.72. The lowest BCUT2D eigenvalue weighted by atomic mass is 10.3. The highest BCUT2D eigenvalue weighted by Crippen LogP contribution is 2.22. The fraction of sp³-hybridized carbons (Fsp3) is 0.333. The number of halogens is 1. The van der Waals surface area contributed by atoms with Gasteiger partial charge in [-0.15, -0.1) is 12.4 Å². The fourth-order valence-corrected chi connectivity index (χ4v) is 0.847. The molecule has 5 nitrogen and oxygen atoms in total. The Kier molecular flexibility index (Phi) is 2.80. The van der Waals surface area contributed by atoms with Crippen LogP contribution in [0.3, 0.4) is 0 Å². The summed E-state index contributed by atoms with van der Waals surface area (Å²) in [4.78, 5) is 14.6. The summed E-state index contributed by atoms with van der Waals surface area (Å²) >= 11 is 0. The van der Waals surface area contributed by atoms with Crippen molar-refractivity contribution < 1.29 is 16.4 Å². The number of amides is 1. The smallest absolute Gasteiger partial charge is 0.222 e. The second kappa shape index (κ2) is 6.08. The van der Waals surface area contributed by atoms with Gasteiger partial charge >= 0.3 is 0 Å². The van der Waals surface area contributed by atoms with Crippen LogP contribution in [0.1, 0.15) is 20.6 Å². The van der Waals surface area contributed by atoms with Gasteiger partial charge in [-0.05, 0) is 6.85 Å². The summed E-state index contributed by atoms with van der Waals surface area (Å²) < 4.78 is 40.4. The van der Waals surface area contributed by atoms with E-state index in [1.54, 1.807) is 0 Å². The average Bonchev–Trinajstić information content (AvgIpc) is 2.19. The van der Waals surface area contributed by atoms with Gasteiger partial charge in [-0.25, -0.2) is 4.98 Å². The molecule has 1 amide bonds. The van der Waals surface area contributed by atoms with Gasteiger partial charge in [0.15, 0.2) is 5.75 Å². The molecular formula is C9H14ClN3O2. The zero-order valence-electron chi connectivity index (χ0n) is 12.9. The van der Waals surface area contributed by atoms with E-state index in [2.05, 4.69) is 10.3 Å². The summed E-state index contributed by atoms with van der Waals surface area (Å²) in [6, 6.07) is 1.24. The molecule has 1 rings (SSSR count). The standard InChI is InChI=1S/C9H13N3O2.ClH/c1-3-14-8-5-11-9(4-7(8)10)12-6(2)13;/h4-5H,3H2,1-2H3,(H3,10,11,12,13);1H/i1D3,3D2;. The molecule has 1 aromatic heterocycles. The number of nitrogens with zero attached hydrogens (tertiary/aromatic N) is 1. The third-order valence-electron chi connectivity index (χ3n) is 1.36. The van der Waals surface area contributed by atoms with Crippen LogP contribution in [-0.4, -0.2) is 17.5 Å². The lowest BCUT2D eigenvalue weighted by Crippen LogP contribution is -2.08. The fourth-order valence-electron chi connectivity index (χ4n) is 0.847. The molecule has 3 N–H and O–H groups in total. The number of aromatic nitrogens is 1. The SMILES string of the molecule is Cl.[2H]C([2H])([2H])C([2H])([2H])Oc1cnc(NC(C)=O)cc1N. The van der Waals surface area contributed by atoms with Crippen molar-refractivity contribution in [2.75, 3.05) is 17.6 Å². The van der Waals surface area contributed by atoms with Crippen molar-refractivity contribution in [1.82, 2.24) is 4.98 Å². The molecule has 0 aromatic carbocycles. The maximum Gasteiger partial charge on any atom is 0.222 e. The highest BCUT2D eigenvalue weighted by Gasteiger charge is 2.03. The van der Waals surface area contributed by atoms with Gasteiger partial charge in [-0.2, -0.15) is 0 Å². The van der Waals surface area contributed by atoms with E-state index in [-0.39, 0.29) is 35.6 Å². The highest BCUT2D eigenvalue weighted by atomic mass is 35.5. The minimum absolute atomic E-state index is 0. The molecule has 6 heteroatoms. The van der Waals surface area contributed by atoms with Crippen molar-refractivity contribution in [3.05, 3.63) is 12.3 Å². The predicted molar refractivity (Wildman–Crippen MR) is 61.4 cm³/mol. The number of nitrogens with one attached hydrogen (secondary N) is 1. The van der Waals surface area contributed by atoms with Gasteiger partial charge in [0.05, 0.1) is 21.2 Å². The van der Waals surface area contributed by atoms with Gasteiger partial charge in [-0.1, -0.05) is 0 Å². The Labute approximate surface area is 101 Å². The lowest BCUT2D eigenvalue weighted by Gasteiger charge is -2.07. The first-order chi connectivity index (χ1) is 8.53. The molecule has 15 heavy (non-hydrogen) atoms. The number of hydrogen-bond donors (Lipinski definition) is 2. The van der Waals surface area contributed by atoms with Gasteiger partial charge < -0.3 is 15.8 Å². The van der Waals surface area contributed by atoms with Crippen molar-refractivity contribution in [3.63, 3.8) is 0 Å². The van der Waals surface area contributed by atoms with Gasteiger partial charge in [0.25, 0.3) is 0 Å². The number of nitrogens with two attached hydrogens (primary N) is 1. The number of nitrogen functional groups attached to an aromatic ring is 1. The molecule has 0 saturated carbocycles. The molecular weight excluding hydrogens is 218 g/mol. The Morgan fingerprint density at radius 3 is 3.13 bits per heavy atom. The van der Waals surface area contributed by atoms with Crippen LogP contribution in [0, 0.1) is 0 Å². The molecule has 0 saturated heterocycles. The minimum atomic E-state index is -2.96. The van der Waals surface area contributed by atoms with E-state index in [1.165, 1.54) is 13.0 Å². The third-order valence-corrected chi connectivity index (χ3v) is 1.36. The normalized spacial score (nSPS) is 15.7. The lowest BCUT2D eigenvalue weighted by molar-refractivity contribution is -0.114. The van der Waals surface area contributed by atoms with E-state index in [0.717, 1.165) is 6.20 Å². The van der Waals surface area contributed by atoms with E-state index in [0.29, 0.717) is 0 Å². The average molecular weight is 237 g/mol. The van der Waals surface area contributed by atoms with Crippen molar-refractivity contribution in [1.29, 1.82) is 0 Å². The van der Waals surface area contributed by atoms with E-state index in [1.807, 2.05) is 0 Å². The number of ether oxygens (including phenoxy) is 1. The van der Waals surface area contributed by atoms with Crippen molar-refractivity contribution in [2.24, 2.45) is 0 Å². The molecule has 0 radical (unpaired) electrons. The molecule has 0 bridgehead atoms. The summed E-state index contributed by atoms with van der Waals surface area (Å²) in [5.41, 5.74) is 5.55. The number of carbonyl (C=O) groups excluding carboxylic acids is 1. The Balaban J connectivity index is 0.00000361. The zero-order chi connectivity index (χ0) is 14.8. The molecule has 0 aliphatic rings. The molecule has 1 heterocycles. The van der Waals surface area contributed by atoms with Crippen molar-refractivity contribution in [2.45, 2.75) is 13.8 Å². The minimum Gasteiger partial charge on any atom is -0.490 e. The Morgan fingerprint density at radius 1 is 1.87 bits per heavy atom. The maximum atomic E-state index is 10.8. The number of pyridine rings is 1. The quantitative estimate of drug-likeness (QED) is 0.833. The molecule has 0 fully saturated rings. The van der Waals surface area contributed by atoms with Gasteiger partial charge in [0.1, 0.15) is 5.82 Å². The van der Waals surface area contributed by atoms with E-state index >= 15 is 0 Å². The monoisotopic (exact) mass is 236 g/mol. The highest BCUT2D eigenvalue weighted by molar-refractivity contribution is 5.88. The number of hydrogen-bond acceptors (Lipinski definition) is 4. The van der Waals surface area contributed by atoms with Crippen LogP contribution >= 0.6 is 12.4 Å². The second-order valence-corrected chi connectivity index (χ2v) is 2.49. The van der Waals surface area contributed by atoms with Crippen LogP contribution in [0.25, 0.3) is 0 Å². The largest absolute Gasteiger partial charge is 0.490 e. The van der Waals surface area contributed by atoms with E-state index < -0.39 is 13.4 Å². The molecule has 84 valence electrons. The number of carbonyl (C=O) groups is 1. The maximum absolute atomic E-state index is 10.8. The number of rotatable bonds is 3. The van der Waals surface area contributed by atoms with Gasteiger partial charge in [-0.3, -0.25) is 4.79 Å². The van der Waals surface area contributed by atoms with E-state index in [4.69, 9.17) is 17.3 Å². The second-order valence-electron chi connectivity index (χ2n) is 2.49. The Morgan fingerprint density at radius 2 is 2.60 bits per heavy atom. The molecule has 1 aromatic rings. The van der Waals surface area contributed by atoms with Crippen LogP contribution in [-0.2, 0) is 4.79 Å². The van der Waals surface area contributed by atoms with Crippen LogP contribution in [0.2, 0.25) is 0 Å². The summed E-state index contributed by atoms with van der Waals surface area (Å²) in [7, 11) is 0. The van der Waals surface area contributed by atoms with Crippen LogP contribution in [0.4, 0.5) is 11.5 Å². The summed E-state index contributed by atoms with van der Waals surface area (Å²) in [6.45, 7) is -4.57. The van der Waals surface area contributed by atoms with E-state index in [9.17, 15) is 4.79 Å². The molecule has 0 spiro atoms. The summed E-state index contributed by atoms with van der Waals surface area (Å²) in [5.74, 6) is -0.402. The Bertz CT molecular complexity index is 495. The molecule has 0 aliphatic heterocycles. The van der Waals surface area contributed by atoms with Crippen molar-refractivity contribution >= 4 is 29.8 Å². The van der Waals surface area contributed by atoms with Crippen LogP contribution < -0.4 is 15.8 Å². The predicted octanol–water partition coefficient (Wildman–Crippen LogP) is 1.44. The van der Waals surface area contributed by atoms with Crippen LogP contribution in [0.15, 0.2) is 12.3 Å². The van der Waals surface area contributed by atoms with Gasteiger partial charge in [0.2, 0.25) is 5.91 Å². The molecule has 0 atom stereocenters. The topological polar surface area (TPSA) is 77.2 Å². The van der Waals surface area contributed by atoms with Crippen molar-refractivity contribution in [3.8, 4) is 5.75 Å².